The Morgan fingerprint density at radius 3 is 3.00 bits per heavy atom. The largest absolute Gasteiger partial charge is 0.341 e. The van der Waals surface area contributed by atoms with Crippen molar-refractivity contribution in [3.05, 3.63) is 59.1 Å². The lowest BCUT2D eigenvalue weighted by atomic mass is 9.77. The quantitative estimate of drug-likeness (QED) is 0.691. The highest BCUT2D eigenvalue weighted by Crippen LogP contribution is 2.43. The molecule has 6 heteroatoms. The number of hydrogen-bond donors (Lipinski definition) is 0. The van der Waals surface area contributed by atoms with Crippen molar-refractivity contribution in [2.75, 3.05) is 13.1 Å². The highest BCUT2D eigenvalue weighted by Gasteiger charge is 2.44. The van der Waals surface area contributed by atoms with Crippen LogP contribution in [0.5, 0.6) is 0 Å². The standard InChI is InChI=1S/C22H25N5O/c1-15-5-3-10-27-18(13-24-21(15)27)11-19(28)26-9-4-7-22(14-26)8-6-17-12-23-16(2)25-20(17)22/h3,5,10,12-13H,4,6-9,11,14H2,1-2H3. The monoisotopic (exact) mass is 375 g/mol. The van der Waals surface area contributed by atoms with Gasteiger partial charge in [0.05, 0.1) is 17.8 Å². The minimum atomic E-state index is 0.00696. The zero-order valence-corrected chi connectivity index (χ0v) is 16.5. The number of carbonyl (C=O) groups is 1. The normalized spacial score (nSPS) is 21.4. The van der Waals surface area contributed by atoms with Gasteiger partial charge in [0, 0.05) is 37.1 Å². The summed E-state index contributed by atoms with van der Waals surface area (Å²) in [5, 5.41) is 0. The number of fused-ring (bicyclic) bond motifs is 3. The lowest BCUT2D eigenvalue weighted by Crippen LogP contribution is -2.48. The Morgan fingerprint density at radius 2 is 2.11 bits per heavy atom. The van der Waals surface area contributed by atoms with Crippen LogP contribution in [-0.2, 0) is 23.1 Å². The number of amides is 1. The molecule has 1 aliphatic carbocycles. The number of pyridine rings is 1. The van der Waals surface area contributed by atoms with E-state index in [0.29, 0.717) is 6.42 Å². The van der Waals surface area contributed by atoms with E-state index >= 15 is 0 Å². The van der Waals surface area contributed by atoms with Crippen molar-refractivity contribution in [3.63, 3.8) is 0 Å². The van der Waals surface area contributed by atoms with E-state index in [1.54, 1.807) is 0 Å². The fraction of sp³-hybridized carbons (Fsp3) is 0.455. The summed E-state index contributed by atoms with van der Waals surface area (Å²) in [6.07, 6.45) is 10.4. The molecule has 0 radical (unpaired) electrons. The van der Waals surface area contributed by atoms with Crippen molar-refractivity contribution >= 4 is 11.6 Å². The van der Waals surface area contributed by atoms with E-state index in [2.05, 4.69) is 9.97 Å². The molecule has 0 N–H and O–H groups in total. The third-order valence-corrected chi connectivity index (χ3v) is 6.43. The third-order valence-electron chi connectivity index (χ3n) is 6.43. The van der Waals surface area contributed by atoms with Gasteiger partial charge in [0.1, 0.15) is 11.5 Å². The van der Waals surface area contributed by atoms with Gasteiger partial charge in [0.25, 0.3) is 0 Å². The van der Waals surface area contributed by atoms with Gasteiger partial charge in [-0.05, 0) is 56.7 Å². The number of aromatic nitrogens is 4. The summed E-state index contributed by atoms with van der Waals surface area (Å²) in [6.45, 7) is 5.59. The van der Waals surface area contributed by atoms with Gasteiger partial charge in [-0.15, -0.1) is 0 Å². The Labute approximate surface area is 164 Å². The van der Waals surface area contributed by atoms with Crippen LogP contribution in [0.3, 0.4) is 0 Å². The Morgan fingerprint density at radius 1 is 1.21 bits per heavy atom. The molecule has 1 aliphatic heterocycles. The molecule has 2 aliphatic rings. The van der Waals surface area contributed by atoms with Crippen LogP contribution in [0, 0.1) is 13.8 Å². The number of rotatable bonds is 2. The second-order valence-corrected chi connectivity index (χ2v) is 8.30. The van der Waals surface area contributed by atoms with Crippen molar-refractivity contribution in [3.8, 4) is 0 Å². The van der Waals surface area contributed by atoms with E-state index in [-0.39, 0.29) is 11.3 Å². The third kappa shape index (κ3) is 2.70. The van der Waals surface area contributed by atoms with Gasteiger partial charge in [0.15, 0.2) is 0 Å². The Bertz CT molecular complexity index is 1070. The smallest absolute Gasteiger partial charge is 0.228 e. The summed E-state index contributed by atoms with van der Waals surface area (Å²) in [4.78, 5) is 28.9. The maximum absolute atomic E-state index is 13.2. The van der Waals surface area contributed by atoms with Crippen LogP contribution in [0.2, 0.25) is 0 Å². The average Bonchev–Trinajstić information content (AvgIpc) is 3.25. The number of nitrogens with zero attached hydrogens (tertiary/aromatic N) is 5. The van der Waals surface area contributed by atoms with Gasteiger partial charge >= 0.3 is 0 Å². The summed E-state index contributed by atoms with van der Waals surface area (Å²) >= 11 is 0. The van der Waals surface area contributed by atoms with Crippen molar-refractivity contribution in [1.82, 2.24) is 24.3 Å². The first kappa shape index (κ1) is 17.3. The van der Waals surface area contributed by atoms with Crippen LogP contribution in [0.1, 0.15) is 47.6 Å². The molecule has 1 spiro atoms. The molecule has 3 aromatic rings. The molecule has 1 atom stereocenters. The van der Waals surface area contributed by atoms with Gasteiger partial charge in [-0.25, -0.2) is 15.0 Å². The van der Waals surface area contributed by atoms with Crippen LogP contribution >= 0.6 is 0 Å². The predicted octanol–water partition coefficient (Wildman–Crippen LogP) is 2.79. The molecule has 1 amide bonds. The van der Waals surface area contributed by atoms with E-state index in [0.717, 1.165) is 61.5 Å². The van der Waals surface area contributed by atoms with Gasteiger partial charge in [-0.2, -0.15) is 0 Å². The maximum Gasteiger partial charge on any atom is 0.228 e. The molecule has 1 saturated heterocycles. The lowest BCUT2D eigenvalue weighted by molar-refractivity contribution is -0.132. The van der Waals surface area contributed by atoms with Gasteiger partial charge in [0.2, 0.25) is 5.91 Å². The molecule has 0 bridgehead atoms. The zero-order valence-electron chi connectivity index (χ0n) is 16.5. The van der Waals surface area contributed by atoms with Gasteiger partial charge < -0.3 is 9.30 Å². The van der Waals surface area contributed by atoms with Crippen LogP contribution in [-0.4, -0.2) is 43.2 Å². The van der Waals surface area contributed by atoms with Crippen LogP contribution in [0.4, 0.5) is 0 Å². The van der Waals surface area contributed by atoms with Crippen molar-refractivity contribution in [1.29, 1.82) is 0 Å². The summed E-state index contributed by atoms with van der Waals surface area (Å²) in [5.74, 6) is 1.01. The predicted molar refractivity (Wildman–Crippen MR) is 106 cm³/mol. The van der Waals surface area contributed by atoms with E-state index in [1.165, 1.54) is 11.3 Å². The molecule has 5 rings (SSSR count). The highest BCUT2D eigenvalue weighted by molar-refractivity contribution is 5.79. The Balaban J connectivity index is 1.39. The fourth-order valence-electron chi connectivity index (χ4n) is 4.97. The zero-order chi connectivity index (χ0) is 19.3. The highest BCUT2D eigenvalue weighted by atomic mass is 16.2. The number of likely N-dealkylation sites (tertiary alicyclic amines) is 1. The minimum Gasteiger partial charge on any atom is -0.341 e. The van der Waals surface area contributed by atoms with Crippen LogP contribution in [0.25, 0.3) is 5.65 Å². The topological polar surface area (TPSA) is 63.4 Å². The molecule has 28 heavy (non-hydrogen) atoms. The van der Waals surface area contributed by atoms with Crippen molar-refractivity contribution in [2.45, 2.75) is 51.4 Å². The fourth-order valence-corrected chi connectivity index (χ4v) is 4.97. The SMILES string of the molecule is Cc1ncc2c(n1)C1(CCCN(C(=O)Cc3cnc4c(C)cccn34)C1)CC2. The summed E-state index contributed by atoms with van der Waals surface area (Å²) in [6, 6.07) is 4.05. The van der Waals surface area contributed by atoms with E-state index < -0.39 is 0 Å². The lowest BCUT2D eigenvalue weighted by Gasteiger charge is -2.40. The minimum absolute atomic E-state index is 0.00696. The average molecular weight is 375 g/mol. The Hall–Kier alpha value is -2.76. The molecule has 0 aromatic carbocycles. The number of aryl methyl sites for hydroxylation is 3. The summed E-state index contributed by atoms with van der Waals surface area (Å²) in [7, 11) is 0. The molecular weight excluding hydrogens is 350 g/mol. The number of carbonyl (C=O) groups excluding carboxylic acids is 1. The first-order valence-electron chi connectivity index (χ1n) is 10.1. The number of piperidine rings is 1. The molecule has 0 saturated carbocycles. The Kier molecular flexibility index (Phi) is 3.96. The molecule has 4 heterocycles. The molecule has 3 aromatic heterocycles. The van der Waals surface area contributed by atoms with E-state index in [4.69, 9.17) is 4.98 Å². The second-order valence-electron chi connectivity index (χ2n) is 8.30. The second kappa shape index (κ2) is 6.40. The van der Waals surface area contributed by atoms with Crippen molar-refractivity contribution in [2.24, 2.45) is 0 Å². The summed E-state index contributed by atoms with van der Waals surface area (Å²) < 4.78 is 2.04. The number of hydrogen-bond acceptors (Lipinski definition) is 4. The van der Waals surface area contributed by atoms with E-state index in [9.17, 15) is 4.79 Å². The molecule has 144 valence electrons. The maximum atomic E-state index is 13.2. The van der Waals surface area contributed by atoms with E-state index in [1.807, 2.05) is 53.9 Å². The van der Waals surface area contributed by atoms with Crippen molar-refractivity contribution < 1.29 is 4.79 Å². The van der Waals surface area contributed by atoms with Crippen LogP contribution in [0.15, 0.2) is 30.7 Å². The number of imidazole rings is 1. The molecular formula is C22H25N5O. The molecule has 1 fully saturated rings. The van der Waals surface area contributed by atoms with Gasteiger partial charge in [-0.3, -0.25) is 4.79 Å². The molecule has 6 nitrogen and oxygen atoms in total. The van der Waals surface area contributed by atoms with Gasteiger partial charge in [-0.1, -0.05) is 6.07 Å². The molecule has 1 unspecified atom stereocenters. The van der Waals surface area contributed by atoms with Crippen LogP contribution < -0.4 is 0 Å². The first-order valence-corrected chi connectivity index (χ1v) is 10.1. The summed E-state index contributed by atoms with van der Waals surface area (Å²) in [5.41, 5.74) is 5.45. The first-order chi connectivity index (χ1) is 13.6.